The Bertz CT molecular complexity index is 519. The van der Waals surface area contributed by atoms with E-state index in [2.05, 4.69) is 29.4 Å². The van der Waals surface area contributed by atoms with Crippen LogP contribution in [-0.4, -0.2) is 69.0 Å². The summed E-state index contributed by atoms with van der Waals surface area (Å²) in [6, 6.07) is 0.471. The summed E-state index contributed by atoms with van der Waals surface area (Å²) in [5, 5.41) is 6.57. The van der Waals surface area contributed by atoms with E-state index in [9.17, 15) is 8.42 Å². The summed E-state index contributed by atoms with van der Waals surface area (Å²) < 4.78 is 23.3. The summed E-state index contributed by atoms with van der Waals surface area (Å²) in [7, 11) is -2.87. The molecule has 0 aliphatic carbocycles. The average Bonchev–Trinajstić information content (AvgIpc) is 3.13. The maximum atomic E-state index is 11.6. The molecule has 0 aromatic heterocycles. The SMILES string of the molecule is CCNC(=NCC(CC(C)C)N1CCCC1)NC1CCS(=O)(=O)C1.I. The fourth-order valence-corrected chi connectivity index (χ4v) is 5.28. The maximum Gasteiger partial charge on any atom is 0.191 e. The van der Waals surface area contributed by atoms with Crippen molar-refractivity contribution >= 4 is 39.8 Å². The van der Waals surface area contributed by atoms with Gasteiger partial charge < -0.3 is 10.6 Å². The molecule has 0 saturated carbocycles. The molecule has 0 aromatic rings. The topological polar surface area (TPSA) is 73.8 Å². The number of hydrogen-bond donors (Lipinski definition) is 2. The number of nitrogens with zero attached hydrogens (tertiary/aromatic N) is 2. The van der Waals surface area contributed by atoms with Crippen LogP contribution >= 0.6 is 24.0 Å². The van der Waals surface area contributed by atoms with Crippen molar-refractivity contribution in [3.63, 3.8) is 0 Å². The van der Waals surface area contributed by atoms with Gasteiger partial charge in [-0.25, -0.2) is 8.42 Å². The molecular formula is C17H35IN4O2S. The van der Waals surface area contributed by atoms with Gasteiger partial charge in [0, 0.05) is 18.6 Å². The highest BCUT2D eigenvalue weighted by molar-refractivity contribution is 14.0. The van der Waals surface area contributed by atoms with Crippen LogP contribution in [0.1, 0.15) is 46.5 Å². The molecule has 8 heteroatoms. The third-order valence-corrected chi connectivity index (χ3v) is 6.55. The highest BCUT2D eigenvalue weighted by atomic mass is 127. The zero-order valence-corrected chi connectivity index (χ0v) is 19.0. The van der Waals surface area contributed by atoms with Crippen LogP contribution in [0, 0.1) is 5.92 Å². The third-order valence-electron chi connectivity index (χ3n) is 4.78. The van der Waals surface area contributed by atoms with Gasteiger partial charge in [-0.3, -0.25) is 9.89 Å². The highest BCUT2D eigenvalue weighted by Crippen LogP contribution is 2.18. The molecule has 2 saturated heterocycles. The molecule has 148 valence electrons. The van der Waals surface area contributed by atoms with E-state index >= 15 is 0 Å². The average molecular weight is 486 g/mol. The van der Waals surface area contributed by atoms with Crippen molar-refractivity contribution in [3.05, 3.63) is 0 Å². The largest absolute Gasteiger partial charge is 0.357 e. The van der Waals surface area contributed by atoms with Crippen LogP contribution in [0.5, 0.6) is 0 Å². The lowest BCUT2D eigenvalue weighted by Crippen LogP contribution is -2.45. The molecule has 2 aliphatic rings. The first kappa shape index (κ1) is 23.0. The molecule has 0 bridgehead atoms. The number of hydrogen-bond acceptors (Lipinski definition) is 4. The van der Waals surface area contributed by atoms with Gasteiger partial charge in [-0.2, -0.15) is 0 Å². The van der Waals surface area contributed by atoms with E-state index in [1.54, 1.807) is 0 Å². The summed E-state index contributed by atoms with van der Waals surface area (Å²) in [6.45, 7) is 10.5. The summed E-state index contributed by atoms with van der Waals surface area (Å²) in [4.78, 5) is 7.34. The van der Waals surface area contributed by atoms with Crippen molar-refractivity contribution in [2.24, 2.45) is 10.9 Å². The lowest BCUT2D eigenvalue weighted by Gasteiger charge is -2.28. The number of aliphatic imine (C=N–C) groups is 1. The minimum atomic E-state index is -2.87. The minimum Gasteiger partial charge on any atom is -0.357 e. The second-order valence-electron chi connectivity index (χ2n) is 7.49. The molecule has 2 atom stereocenters. The van der Waals surface area contributed by atoms with Crippen LogP contribution in [0.2, 0.25) is 0 Å². The molecule has 2 unspecified atom stereocenters. The summed E-state index contributed by atoms with van der Waals surface area (Å²) in [5.41, 5.74) is 0. The molecule has 0 radical (unpaired) electrons. The van der Waals surface area contributed by atoms with Crippen molar-refractivity contribution in [2.45, 2.75) is 58.5 Å². The maximum absolute atomic E-state index is 11.6. The Balaban J connectivity index is 0.00000312. The van der Waals surface area contributed by atoms with Gasteiger partial charge in [-0.15, -0.1) is 24.0 Å². The van der Waals surface area contributed by atoms with Crippen LogP contribution in [0.15, 0.2) is 4.99 Å². The van der Waals surface area contributed by atoms with E-state index in [4.69, 9.17) is 4.99 Å². The summed E-state index contributed by atoms with van der Waals surface area (Å²) in [5.74, 6) is 1.92. The second kappa shape index (κ2) is 10.9. The smallest absolute Gasteiger partial charge is 0.191 e. The van der Waals surface area contributed by atoms with Gasteiger partial charge in [-0.05, 0) is 51.6 Å². The minimum absolute atomic E-state index is 0. The lowest BCUT2D eigenvalue weighted by molar-refractivity contribution is 0.218. The molecule has 0 spiro atoms. The van der Waals surface area contributed by atoms with Gasteiger partial charge in [0.2, 0.25) is 0 Å². The predicted molar refractivity (Wildman–Crippen MR) is 116 cm³/mol. The molecule has 2 aliphatic heterocycles. The molecular weight excluding hydrogens is 451 g/mol. The van der Waals surface area contributed by atoms with Gasteiger partial charge in [0.25, 0.3) is 0 Å². The summed E-state index contributed by atoms with van der Waals surface area (Å²) in [6.07, 6.45) is 4.40. The Morgan fingerprint density at radius 1 is 1.28 bits per heavy atom. The van der Waals surface area contributed by atoms with Gasteiger partial charge in [0.15, 0.2) is 15.8 Å². The van der Waals surface area contributed by atoms with E-state index in [1.165, 1.54) is 25.9 Å². The fraction of sp³-hybridized carbons (Fsp3) is 0.941. The van der Waals surface area contributed by atoms with Gasteiger partial charge in [0.1, 0.15) is 0 Å². The lowest BCUT2D eigenvalue weighted by atomic mass is 10.0. The molecule has 2 fully saturated rings. The van der Waals surface area contributed by atoms with Gasteiger partial charge >= 0.3 is 0 Å². The summed E-state index contributed by atoms with van der Waals surface area (Å²) >= 11 is 0. The quantitative estimate of drug-likeness (QED) is 0.327. The van der Waals surface area contributed by atoms with Gasteiger partial charge in [-0.1, -0.05) is 13.8 Å². The Labute approximate surface area is 170 Å². The normalized spacial score (nSPS) is 25.0. The number of nitrogens with one attached hydrogen (secondary N) is 2. The predicted octanol–water partition coefficient (Wildman–Crippen LogP) is 1.86. The van der Waals surface area contributed by atoms with E-state index in [-0.39, 0.29) is 41.5 Å². The van der Waals surface area contributed by atoms with Crippen LogP contribution in [0.25, 0.3) is 0 Å². The first-order valence-electron chi connectivity index (χ1n) is 9.39. The molecule has 0 amide bonds. The van der Waals surface area contributed by atoms with Crippen LogP contribution < -0.4 is 10.6 Å². The zero-order chi connectivity index (χ0) is 17.6. The van der Waals surface area contributed by atoms with Crippen LogP contribution in [0.3, 0.4) is 0 Å². The first-order valence-corrected chi connectivity index (χ1v) is 11.2. The first-order chi connectivity index (χ1) is 11.4. The molecule has 2 heterocycles. The van der Waals surface area contributed by atoms with Crippen molar-refractivity contribution in [1.82, 2.24) is 15.5 Å². The van der Waals surface area contributed by atoms with Crippen molar-refractivity contribution < 1.29 is 8.42 Å². The monoisotopic (exact) mass is 486 g/mol. The number of halogens is 1. The Morgan fingerprint density at radius 2 is 1.96 bits per heavy atom. The Kier molecular flexibility index (Phi) is 10.0. The molecule has 0 aromatic carbocycles. The van der Waals surface area contributed by atoms with Crippen molar-refractivity contribution in [3.8, 4) is 0 Å². The highest BCUT2D eigenvalue weighted by Gasteiger charge is 2.28. The van der Waals surface area contributed by atoms with E-state index in [1.807, 2.05) is 6.92 Å². The molecule has 2 N–H and O–H groups in total. The number of sulfone groups is 1. The van der Waals surface area contributed by atoms with Crippen molar-refractivity contribution in [1.29, 1.82) is 0 Å². The molecule has 6 nitrogen and oxygen atoms in total. The number of likely N-dealkylation sites (tertiary alicyclic amines) is 1. The molecule has 25 heavy (non-hydrogen) atoms. The molecule has 2 rings (SSSR count). The number of rotatable bonds is 7. The van der Waals surface area contributed by atoms with E-state index in [0.717, 1.165) is 25.5 Å². The van der Waals surface area contributed by atoms with Crippen LogP contribution in [-0.2, 0) is 9.84 Å². The van der Waals surface area contributed by atoms with Gasteiger partial charge in [0.05, 0.1) is 18.1 Å². The Morgan fingerprint density at radius 3 is 2.48 bits per heavy atom. The van der Waals surface area contributed by atoms with Crippen LogP contribution in [0.4, 0.5) is 0 Å². The zero-order valence-electron chi connectivity index (χ0n) is 15.8. The Hall–Kier alpha value is -0.0900. The number of guanidine groups is 1. The van der Waals surface area contributed by atoms with Crippen molar-refractivity contribution in [2.75, 3.05) is 37.7 Å². The fourth-order valence-electron chi connectivity index (χ4n) is 3.61. The third kappa shape index (κ3) is 7.99. The van der Waals surface area contributed by atoms with E-state index < -0.39 is 9.84 Å². The standard InChI is InChI=1S/C17H34N4O2S.HI/c1-4-18-17(20-15-7-10-24(22,23)13-15)19-12-16(11-14(2)3)21-8-5-6-9-21;/h14-16H,4-13H2,1-3H3,(H2,18,19,20);1H. The van der Waals surface area contributed by atoms with E-state index in [0.29, 0.717) is 18.4 Å². The second-order valence-corrected chi connectivity index (χ2v) is 9.72.